The third kappa shape index (κ3) is 3.97. The molecule has 110 valence electrons. The Morgan fingerprint density at radius 2 is 2.30 bits per heavy atom. The molecule has 1 aliphatic heterocycles. The number of nitrogens with one attached hydrogen (secondary N) is 2. The Balaban J connectivity index is 1.89. The van der Waals surface area contributed by atoms with Crippen LogP contribution in [0.25, 0.3) is 0 Å². The van der Waals surface area contributed by atoms with Gasteiger partial charge in [0.1, 0.15) is 5.75 Å². The minimum absolute atomic E-state index is 0.0322. The third-order valence-corrected chi connectivity index (χ3v) is 3.86. The maximum atomic E-state index is 12.1. The molecule has 1 fully saturated rings. The number of methoxy groups -OCH3 is 1. The molecule has 4 nitrogen and oxygen atoms in total. The normalized spacial score (nSPS) is 20.2. The summed E-state index contributed by atoms with van der Waals surface area (Å²) in [4.78, 5) is 12.1. The monoisotopic (exact) mass is 276 g/mol. The fourth-order valence-electron chi connectivity index (χ4n) is 2.76. The average molecular weight is 276 g/mol. The van der Waals surface area contributed by atoms with E-state index in [4.69, 9.17) is 4.74 Å². The lowest BCUT2D eigenvalue weighted by molar-refractivity contribution is -0.122. The van der Waals surface area contributed by atoms with Crippen molar-refractivity contribution in [3.05, 3.63) is 29.8 Å². The zero-order valence-electron chi connectivity index (χ0n) is 12.3. The predicted molar refractivity (Wildman–Crippen MR) is 79.8 cm³/mol. The molecule has 0 bridgehead atoms. The number of benzene rings is 1. The van der Waals surface area contributed by atoms with E-state index in [1.54, 1.807) is 7.11 Å². The van der Waals surface area contributed by atoms with E-state index in [1.165, 1.54) is 6.42 Å². The average Bonchev–Trinajstić information content (AvgIpc) is 2.48. The fraction of sp³-hybridized carbons (Fsp3) is 0.562. The summed E-state index contributed by atoms with van der Waals surface area (Å²) in [6.07, 6.45) is 2.91. The molecule has 0 saturated carbocycles. The van der Waals surface area contributed by atoms with E-state index >= 15 is 0 Å². The first-order valence-electron chi connectivity index (χ1n) is 7.33. The highest BCUT2D eigenvalue weighted by Gasteiger charge is 2.19. The Bertz CT molecular complexity index is 442. The van der Waals surface area contributed by atoms with E-state index in [9.17, 15) is 4.79 Å². The maximum Gasteiger partial charge on any atom is 0.220 e. The van der Waals surface area contributed by atoms with Crippen LogP contribution in [0.5, 0.6) is 5.75 Å². The maximum absolute atomic E-state index is 12.1. The van der Waals surface area contributed by atoms with Crippen LogP contribution in [0.2, 0.25) is 0 Å². The Labute approximate surface area is 120 Å². The summed E-state index contributed by atoms with van der Waals surface area (Å²) in [7, 11) is 1.65. The van der Waals surface area contributed by atoms with Crippen molar-refractivity contribution in [1.82, 2.24) is 10.6 Å². The lowest BCUT2D eigenvalue weighted by Crippen LogP contribution is -2.35. The van der Waals surface area contributed by atoms with E-state index in [0.717, 1.165) is 30.8 Å². The summed E-state index contributed by atoms with van der Waals surface area (Å²) >= 11 is 0. The van der Waals surface area contributed by atoms with Gasteiger partial charge in [-0.1, -0.05) is 18.2 Å². The van der Waals surface area contributed by atoms with Gasteiger partial charge in [0.15, 0.2) is 0 Å². The minimum Gasteiger partial charge on any atom is -0.496 e. The zero-order valence-corrected chi connectivity index (χ0v) is 12.3. The summed E-state index contributed by atoms with van der Waals surface area (Å²) in [5.41, 5.74) is 1.02. The molecule has 2 N–H and O–H groups in total. The molecule has 1 aromatic carbocycles. The number of para-hydroxylation sites is 1. The Morgan fingerprint density at radius 1 is 1.50 bits per heavy atom. The van der Waals surface area contributed by atoms with Gasteiger partial charge in [-0.25, -0.2) is 0 Å². The first-order chi connectivity index (χ1) is 9.70. The summed E-state index contributed by atoms with van der Waals surface area (Å²) in [5.74, 6) is 1.41. The van der Waals surface area contributed by atoms with Crippen LogP contribution < -0.4 is 15.4 Å². The number of rotatable bonds is 5. The van der Waals surface area contributed by atoms with Gasteiger partial charge in [0, 0.05) is 12.0 Å². The molecule has 0 radical (unpaired) electrons. The van der Waals surface area contributed by atoms with Crippen LogP contribution in [0.4, 0.5) is 0 Å². The number of amides is 1. The van der Waals surface area contributed by atoms with Crippen molar-refractivity contribution in [3.8, 4) is 5.75 Å². The first-order valence-corrected chi connectivity index (χ1v) is 7.33. The topological polar surface area (TPSA) is 50.4 Å². The number of carbonyl (C=O) groups is 1. The highest BCUT2D eigenvalue weighted by Crippen LogP contribution is 2.24. The van der Waals surface area contributed by atoms with Crippen molar-refractivity contribution in [2.75, 3.05) is 20.2 Å². The molecule has 1 heterocycles. The van der Waals surface area contributed by atoms with Crippen molar-refractivity contribution in [1.29, 1.82) is 0 Å². The van der Waals surface area contributed by atoms with E-state index in [-0.39, 0.29) is 11.9 Å². The predicted octanol–water partition coefficient (Wildman–Crippen LogP) is 2.26. The van der Waals surface area contributed by atoms with Crippen molar-refractivity contribution in [2.45, 2.75) is 32.2 Å². The molecule has 1 saturated heterocycles. The smallest absolute Gasteiger partial charge is 0.220 e. The molecule has 20 heavy (non-hydrogen) atoms. The lowest BCUT2D eigenvalue weighted by Gasteiger charge is -2.23. The van der Waals surface area contributed by atoms with Crippen LogP contribution in [-0.4, -0.2) is 26.1 Å². The Kier molecular flexibility index (Phi) is 5.41. The summed E-state index contributed by atoms with van der Waals surface area (Å²) in [5, 5.41) is 6.41. The van der Waals surface area contributed by atoms with Crippen LogP contribution >= 0.6 is 0 Å². The molecule has 1 unspecified atom stereocenters. The van der Waals surface area contributed by atoms with Gasteiger partial charge in [0.25, 0.3) is 0 Å². The van der Waals surface area contributed by atoms with Crippen molar-refractivity contribution >= 4 is 5.91 Å². The summed E-state index contributed by atoms with van der Waals surface area (Å²) in [6.45, 7) is 4.03. The van der Waals surface area contributed by atoms with E-state index in [2.05, 4.69) is 10.6 Å². The molecular weight excluding hydrogens is 252 g/mol. The highest BCUT2D eigenvalue weighted by molar-refractivity contribution is 5.76. The number of hydrogen-bond acceptors (Lipinski definition) is 3. The molecule has 2 atom stereocenters. The van der Waals surface area contributed by atoms with E-state index in [0.29, 0.717) is 12.3 Å². The Morgan fingerprint density at radius 3 is 3.00 bits per heavy atom. The standard InChI is InChI=1S/C16H24N2O2/c1-12(14-7-3-4-8-15(14)20-2)18-16(19)10-13-6-5-9-17-11-13/h3-4,7-8,12-13,17H,5-6,9-11H2,1-2H3,(H,18,19)/t12-,13?/m0/s1. The second-order valence-electron chi connectivity index (χ2n) is 5.45. The number of piperidine rings is 1. The third-order valence-electron chi connectivity index (χ3n) is 3.86. The van der Waals surface area contributed by atoms with Gasteiger partial charge in [0.05, 0.1) is 13.2 Å². The molecule has 1 aliphatic rings. The van der Waals surface area contributed by atoms with Crippen LogP contribution in [0.15, 0.2) is 24.3 Å². The number of hydrogen-bond donors (Lipinski definition) is 2. The molecule has 0 aliphatic carbocycles. The van der Waals surface area contributed by atoms with Crippen molar-refractivity contribution in [3.63, 3.8) is 0 Å². The fourth-order valence-corrected chi connectivity index (χ4v) is 2.76. The van der Waals surface area contributed by atoms with Gasteiger partial charge in [-0.05, 0) is 44.8 Å². The highest BCUT2D eigenvalue weighted by atomic mass is 16.5. The molecular formula is C16H24N2O2. The first kappa shape index (κ1) is 14.9. The van der Waals surface area contributed by atoms with Crippen LogP contribution in [-0.2, 0) is 4.79 Å². The van der Waals surface area contributed by atoms with Crippen LogP contribution in [0, 0.1) is 5.92 Å². The van der Waals surface area contributed by atoms with Gasteiger partial charge in [-0.3, -0.25) is 4.79 Å². The van der Waals surface area contributed by atoms with Crippen molar-refractivity contribution < 1.29 is 9.53 Å². The molecule has 4 heteroatoms. The van der Waals surface area contributed by atoms with E-state index < -0.39 is 0 Å². The molecule has 0 spiro atoms. The summed E-state index contributed by atoms with van der Waals surface area (Å²) in [6, 6.07) is 7.78. The second-order valence-corrected chi connectivity index (χ2v) is 5.45. The molecule has 2 rings (SSSR count). The zero-order chi connectivity index (χ0) is 14.4. The molecule has 1 amide bonds. The largest absolute Gasteiger partial charge is 0.496 e. The van der Waals surface area contributed by atoms with E-state index in [1.807, 2.05) is 31.2 Å². The van der Waals surface area contributed by atoms with Crippen LogP contribution in [0.3, 0.4) is 0 Å². The van der Waals surface area contributed by atoms with Gasteiger partial charge < -0.3 is 15.4 Å². The van der Waals surface area contributed by atoms with Crippen LogP contribution in [0.1, 0.15) is 37.8 Å². The second kappa shape index (κ2) is 7.29. The lowest BCUT2D eigenvalue weighted by atomic mass is 9.95. The Hall–Kier alpha value is -1.55. The van der Waals surface area contributed by atoms with Gasteiger partial charge in [0.2, 0.25) is 5.91 Å². The SMILES string of the molecule is COc1ccccc1[C@H](C)NC(=O)CC1CCCNC1. The molecule has 1 aromatic rings. The van der Waals surface area contributed by atoms with Gasteiger partial charge in [-0.2, -0.15) is 0 Å². The number of carbonyl (C=O) groups excluding carboxylic acids is 1. The van der Waals surface area contributed by atoms with Gasteiger partial charge >= 0.3 is 0 Å². The van der Waals surface area contributed by atoms with Crippen molar-refractivity contribution in [2.24, 2.45) is 5.92 Å². The quantitative estimate of drug-likeness (QED) is 0.867. The van der Waals surface area contributed by atoms with Gasteiger partial charge in [-0.15, -0.1) is 0 Å². The molecule has 0 aromatic heterocycles. The minimum atomic E-state index is -0.0322. The summed E-state index contributed by atoms with van der Waals surface area (Å²) < 4.78 is 5.34. The number of ether oxygens (including phenoxy) is 1.